The highest BCUT2D eigenvalue weighted by atomic mass is 16.3. The van der Waals surface area contributed by atoms with E-state index in [2.05, 4.69) is 32.0 Å². The third-order valence-electron chi connectivity index (χ3n) is 3.05. The summed E-state index contributed by atoms with van der Waals surface area (Å²) in [5.74, 6) is 0. The lowest BCUT2D eigenvalue weighted by Crippen LogP contribution is -1.95. The van der Waals surface area contributed by atoms with Crippen LogP contribution in [0.5, 0.6) is 0 Å². The molecule has 0 spiro atoms. The van der Waals surface area contributed by atoms with Gasteiger partial charge in [0.2, 0.25) is 0 Å². The van der Waals surface area contributed by atoms with Crippen molar-refractivity contribution in [3.05, 3.63) is 59.2 Å². The first-order valence-corrected chi connectivity index (χ1v) is 5.49. The molecule has 2 aromatic rings. The van der Waals surface area contributed by atoms with Gasteiger partial charge in [0, 0.05) is 0 Å². The molecular formula is C15H16O. The number of aryl methyl sites for hydroxylation is 1. The molecule has 1 nitrogen and oxygen atoms in total. The molecule has 0 radical (unpaired) electrons. The van der Waals surface area contributed by atoms with Crippen molar-refractivity contribution < 1.29 is 5.11 Å². The van der Waals surface area contributed by atoms with E-state index in [1.54, 1.807) is 0 Å². The summed E-state index contributed by atoms with van der Waals surface area (Å²) in [4.78, 5) is 0. The van der Waals surface area contributed by atoms with Crippen LogP contribution >= 0.6 is 0 Å². The highest BCUT2D eigenvalue weighted by molar-refractivity contribution is 5.72. The molecule has 0 saturated heterocycles. The second-order valence-corrected chi connectivity index (χ2v) is 4.07. The van der Waals surface area contributed by atoms with E-state index in [9.17, 15) is 5.11 Å². The van der Waals surface area contributed by atoms with Crippen molar-refractivity contribution >= 4 is 0 Å². The Balaban J connectivity index is 2.67. The molecule has 1 heteroatoms. The fraction of sp³-hybridized carbons (Fsp3) is 0.200. The van der Waals surface area contributed by atoms with Crippen molar-refractivity contribution in [2.24, 2.45) is 0 Å². The Bertz CT molecular complexity index is 486. The van der Waals surface area contributed by atoms with Gasteiger partial charge >= 0.3 is 0 Å². The van der Waals surface area contributed by atoms with E-state index in [1.165, 1.54) is 22.3 Å². The molecule has 0 fully saturated rings. The minimum Gasteiger partial charge on any atom is -0.392 e. The van der Waals surface area contributed by atoms with Crippen LogP contribution < -0.4 is 0 Å². The van der Waals surface area contributed by atoms with E-state index in [0.717, 1.165) is 5.56 Å². The highest BCUT2D eigenvalue weighted by Crippen LogP contribution is 2.29. The van der Waals surface area contributed by atoms with Crippen LogP contribution in [0.3, 0.4) is 0 Å². The summed E-state index contributed by atoms with van der Waals surface area (Å²) in [7, 11) is 0. The van der Waals surface area contributed by atoms with E-state index in [0.29, 0.717) is 0 Å². The number of benzene rings is 2. The number of rotatable bonds is 2. The third kappa shape index (κ3) is 1.86. The SMILES string of the molecule is Cc1ccc(CO)c(-c2ccccc2)c1C. The molecule has 0 amide bonds. The molecule has 0 aliphatic heterocycles. The van der Waals surface area contributed by atoms with Gasteiger partial charge in [-0.3, -0.25) is 0 Å². The van der Waals surface area contributed by atoms with E-state index in [4.69, 9.17) is 0 Å². The molecule has 0 atom stereocenters. The fourth-order valence-electron chi connectivity index (χ4n) is 2.01. The third-order valence-corrected chi connectivity index (χ3v) is 3.05. The molecule has 0 aliphatic rings. The quantitative estimate of drug-likeness (QED) is 0.808. The standard InChI is InChI=1S/C15H16O/c1-11-8-9-14(10-16)15(12(11)2)13-6-4-3-5-7-13/h3-9,16H,10H2,1-2H3. The lowest BCUT2D eigenvalue weighted by Gasteiger charge is -2.13. The molecule has 82 valence electrons. The van der Waals surface area contributed by atoms with E-state index in [1.807, 2.05) is 24.3 Å². The van der Waals surface area contributed by atoms with Gasteiger partial charge in [0.1, 0.15) is 0 Å². The number of aliphatic hydroxyl groups excluding tert-OH is 1. The summed E-state index contributed by atoms with van der Waals surface area (Å²) in [6.45, 7) is 4.30. The predicted octanol–water partition coefficient (Wildman–Crippen LogP) is 3.46. The normalized spacial score (nSPS) is 10.4. The predicted molar refractivity (Wildman–Crippen MR) is 67.3 cm³/mol. The van der Waals surface area contributed by atoms with Crippen LogP contribution in [0.25, 0.3) is 11.1 Å². The molecule has 0 saturated carbocycles. The average molecular weight is 212 g/mol. The first-order valence-electron chi connectivity index (χ1n) is 5.49. The van der Waals surface area contributed by atoms with Crippen molar-refractivity contribution in [1.82, 2.24) is 0 Å². The zero-order valence-electron chi connectivity index (χ0n) is 9.70. The Morgan fingerprint density at radius 2 is 1.62 bits per heavy atom. The average Bonchev–Trinajstić information content (AvgIpc) is 2.33. The summed E-state index contributed by atoms with van der Waals surface area (Å²) in [5, 5.41) is 9.40. The van der Waals surface area contributed by atoms with Gasteiger partial charge in [0.15, 0.2) is 0 Å². The summed E-state index contributed by atoms with van der Waals surface area (Å²) >= 11 is 0. The minimum atomic E-state index is 0.0886. The molecule has 0 aliphatic carbocycles. The summed E-state index contributed by atoms with van der Waals surface area (Å²) in [5.41, 5.74) is 5.85. The first-order chi connectivity index (χ1) is 7.74. The summed E-state index contributed by atoms with van der Waals surface area (Å²) in [6.07, 6.45) is 0. The van der Waals surface area contributed by atoms with Gasteiger partial charge in [-0.1, -0.05) is 42.5 Å². The van der Waals surface area contributed by atoms with Gasteiger partial charge in [0.25, 0.3) is 0 Å². The fourth-order valence-corrected chi connectivity index (χ4v) is 2.01. The van der Waals surface area contributed by atoms with Crippen molar-refractivity contribution in [3.63, 3.8) is 0 Å². The van der Waals surface area contributed by atoms with Crippen molar-refractivity contribution in [1.29, 1.82) is 0 Å². The van der Waals surface area contributed by atoms with Crippen LogP contribution in [0.2, 0.25) is 0 Å². The van der Waals surface area contributed by atoms with Crippen molar-refractivity contribution in [2.75, 3.05) is 0 Å². The molecule has 0 bridgehead atoms. The van der Waals surface area contributed by atoms with E-state index < -0.39 is 0 Å². The van der Waals surface area contributed by atoms with Gasteiger partial charge in [-0.25, -0.2) is 0 Å². The van der Waals surface area contributed by atoms with Crippen LogP contribution in [0.4, 0.5) is 0 Å². The van der Waals surface area contributed by atoms with Gasteiger partial charge in [-0.2, -0.15) is 0 Å². The van der Waals surface area contributed by atoms with Crippen LogP contribution in [-0.2, 0) is 6.61 Å². The maximum absolute atomic E-state index is 9.40. The van der Waals surface area contributed by atoms with Crippen molar-refractivity contribution in [3.8, 4) is 11.1 Å². The molecular weight excluding hydrogens is 196 g/mol. The van der Waals surface area contributed by atoms with Gasteiger partial charge in [-0.15, -0.1) is 0 Å². The molecule has 2 rings (SSSR count). The largest absolute Gasteiger partial charge is 0.392 e. The number of hydrogen-bond acceptors (Lipinski definition) is 1. The van der Waals surface area contributed by atoms with Crippen LogP contribution in [0.15, 0.2) is 42.5 Å². The van der Waals surface area contributed by atoms with Gasteiger partial charge < -0.3 is 5.11 Å². The van der Waals surface area contributed by atoms with Gasteiger partial charge in [-0.05, 0) is 41.7 Å². The maximum atomic E-state index is 9.40. The Morgan fingerprint density at radius 3 is 2.25 bits per heavy atom. The number of hydrogen-bond donors (Lipinski definition) is 1. The smallest absolute Gasteiger partial charge is 0.0687 e. The van der Waals surface area contributed by atoms with Crippen molar-refractivity contribution in [2.45, 2.75) is 20.5 Å². The monoisotopic (exact) mass is 212 g/mol. The molecule has 0 unspecified atom stereocenters. The van der Waals surface area contributed by atoms with E-state index in [-0.39, 0.29) is 6.61 Å². The summed E-state index contributed by atoms with van der Waals surface area (Å²) in [6, 6.07) is 14.3. The van der Waals surface area contributed by atoms with E-state index >= 15 is 0 Å². The maximum Gasteiger partial charge on any atom is 0.0687 e. The number of aliphatic hydroxyl groups is 1. The Morgan fingerprint density at radius 1 is 0.938 bits per heavy atom. The lowest BCUT2D eigenvalue weighted by atomic mass is 9.92. The molecule has 0 aromatic heterocycles. The Labute approximate surface area is 96.4 Å². The van der Waals surface area contributed by atoms with Crippen LogP contribution in [0.1, 0.15) is 16.7 Å². The summed E-state index contributed by atoms with van der Waals surface area (Å²) < 4.78 is 0. The molecule has 16 heavy (non-hydrogen) atoms. The lowest BCUT2D eigenvalue weighted by molar-refractivity contribution is 0.282. The second-order valence-electron chi connectivity index (χ2n) is 4.07. The van der Waals surface area contributed by atoms with Gasteiger partial charge in [0.05, 0.1) is 6.61 Å². The zero-order valence-corrected chi connectivity index (χ0v) is 9.70. The molecule has 2 aromatic carbocycles. The van der Waals surface area contributed by atoms with Crippen LogP contribution in [-0.4, -0.2) is 5.11 Å². The first kappa shape index (κ1) is 10.9. The topological polar surface area (TPSA) is 20.2 Å². The zero-order chi connectivity index (χ0) is 11.5. The molecule has 0 heterocycles. The molecule has 1 N–H and O–H groups in total. The Kier molecular flexibility index (Phi) is 3.07. The minimum absolute atomic E-state index is 0.0886. The second kappa shape index (κ2) is 4.50. The highest BCUT2D eigenvalue weighted by Gasteiger charge is 2.08. The van der Waals surface area contributed by atoms with Crippen LogP contribution in [0, 0.1) is 13.8 Å². The Hall–Kier alpha value is -1.60.